The zero-order valence-corrected chi connectivity index (χ0v) is 27.2. The summed E-state index contributed by atoms with van der Waals surface area (Å²) in [5.41, 5.74) is 12.9. The zero-order chi connectivity index (χ0) is 31.4. The number of thiazole rings is 1. The fraction of sp³-hybridized carbons (Fsp3) is 0.500. The quantitative estimate of drug-likeness (QED) is 0.0892. The Morgan fingerprint density at radius 2 is 1.91 bits per heavy atom. The monoisotopic (exact) mass is 727 g/mol. The molecule has 238 valence electrons. The molecule has 6 rings (SSSR count). The van der Waals surface area contributed by atoms with Crippen LogP contribution >= 0.6 is 48.7 Å². The molecule has 0 bridgehead atoms. The maximum Gasteiger partial charge on any atom is 0.383 e. The minimum Gasteiger partial charge on any atom is -0.382 e. The van der Waals surface area contributed by atoms with Gasteiger partial charge in [-0.25, -0.2) is 19.5 Å². The number of halogens is 1. The van der Waals surface area contributed by atoms with Gasteiger partial charge < -0.3 is 39.8 Å². The van der Waals surface area contributed by atoms with Crippen molar-refractivity contribution in [2.24, 2.45) is 0 Å². The highest BCUT2D eigenvalue weighted by Crippen LogP contribution is 2.51. The molecule has 0 aliphatic carbocycles. The first-order chi connectivity index (χ1) is 20.8. The highest BCUT2D eigenvalue weighted by atomic mass is 35.5. The summed E-state index contributed by atoms with van der Waals surface area (Å²) in [6, 6.07) is 0. The minimum atomic E-state index is -4.22. The Hall–Kier alpha value is -1.84. The Balaban J connectivity index is 1.14. The molecule has 0 saturated carbocycles. The summed E-state index contributed by atoms with van der Waals surface area (Å²) in [5, 5.41) is -0.183. The summed E-state index contributed by atoms with van der Waals surface area (Å²) in [4.78, 5) is 53.3. The second-order valence-corrected chi connectivity index (χ2v) is 16.5. The van der Waals surface area contributed by atoms with Gasteiger partial charge in [-0.3, -0.25) is 18.5 Å². The standard InChI is InChI=1S/C20H24ClN9O9P2S3/c21-19-27-16(23)14-18(28-19)30(20(31)44-14)12-3-9(10(38-12)5-35-40(32,33)42)39-41(34,43)36-4-8-1-2-11(37-8)29-7-26-13-15(22)24-6-25-17(13)29/h6-12H,1-5H2,(H,34,43)(H2,22,24,25)(H2,23,27,28)(H2,32,33,42)/t8?,9-,10?,11?,12?,41?/m0/s1. The van der Waals surface area contributed by atoms with Crippen molar-refractivity contribution in [2.45, 2.75) is 50.0 Å². The van der Waals surface area contributed by atoms with Gasteiger partial charge in [0.15, 0.2) is 17.1 Å². The van der Waals surface area contributed by atoms with E-state index in [0.717, 1.165) is 11.3 Å². The Bertz CT molecular complexity index is 1870. The van der Waals surface area contributed by atoms with Crippen molar-refractivity contribution in [3.8, 4) is 0 Å². The van der Waals surface area contributed by atoms with E-state index in [1.807, 2.05) is 0 Å². The van der Waals surface area contributed by atoms with Gasteiger partial charge in [0.05, 0.1) is 31.7 Å². The summed E-state index contributed by atoms with van der Waals surface area (Å²) >= 11 is 15.5. The molecule has 2 aliphatic rings. The average molecular weight is 728 g/mol. The first-order valence-corrected chi connectivity index (χ1v) is 19.2. The number of anilines is 2. The molecule has 4 aromatic heterocycles. The normalized spacial score (nSPS) is 26.8. The van der Waals surface area contributed by atoms with Crippen molar-refractivity contribution in [3.05, 3.63) is 27.6 Å². The predicted molar refractivity (Wildman–Crippen MR) is 165 cm³/mol. The second-order valence-electron chi connectivity index (χ2n) is 9.70. The third kappa shape index (κ3) is 6.80. The lowest BCUT2D eigenvalue weighted by Crippen LogP contribution is -2.28. The minimum absolute atomic E-state index is 0.0112. The van der Waals surface area contributed by atoms with Gasteiger partial charge in [-0.2, -0.15) is 9.97 Å². The van der Waals surface area contributed by atoms with Crippen molar-refractivity contribution in [2.75, 3.05) is 24.7 Å². The molecule has 7 atom stereocenters. The van der Waals surface area contributed by atoms with Gasteiger partial charge >= 0.3 is 18.4 Å². The Morgan fingerprint density at radius 3 is 2.68 bits per heavy atom. The number of aromatic nitrogens is 7. The number of rotatable bonds is 10. The molecule has 2 aliphatic heterocycles. The fourth-order valence-electron chi connectivity index (χ4n) is 4.93. The van der Waals surface area contributed by atoms with Gasteiger partial charge in [0.25, 0.3) is 0 Å². The van der Waals surface area contributed by atoms with Crippen molar-refractivity contribution in [1.29, 1.82) is 0 Å². The third-order valence-corrected chi connectivity index (χ3v) is 10.4. The van der Waals surface area contributed by atoms with E-state index in [1.165, 1.54) is 10.9 Å². The molecule has 24 heteroatoms. The SMILES string of the molecule is Nc1ncnc2c1ncn2C1CCC(COP(O)(=S)O[C@H]2CC(n3c(=O)sc4c(N)nc(Cl)nc43)OC2COP(=O)(O)S)O1. The van der Waals surface area contributed by atoms with Gasteiger partial charge in [-0.05, 0) is 36.2 Å². The number of ether oxygens (including phenoxy) is 2. The predicted octanol–water partition coefficient (Wildman–Crippen LogP) is 2.14. The van der Waals surface area contributed by atoms with E-state index in [1.54, 1.807) is 10.9 Å². The van der Waals surface area contributed by atoms with Crippen LogP contribution in [0.15, 0.2) is 17.4 Å². The molecule has 0 amide bonds. The average Bonchev–Trinajstić information content (AvgIpc) is 3.71. The number of nitrogens with zero attached hydrogens (tertiary/aromatic N) is 7. The maximum atomic E-state index is 12.9. The summed E-state index contributed by atoms with van der Waals surface area (Å²) in [6.07, 6.45) is 0.0399. The van der Waals surface area contributed by atoms with Crippen LogP contribution in [-0.4, -0.2) is 75.4 Å². The molecule has 0 spiro atoms. The van der Waals surface area contributed by atoms with Crippen molar-refractivity contribution >= 4 is 93.7 Å². The first-order valence-electron chi connectivity index (χ1n) is 12.7. The van der Waals surface area contributed by atoms with E-state index in [2.05, 4.69) is 37.2 Å². The van der Waals surface area contributed by atoms with Crippen LogP contribution in [0.3, 0.4) is 0 Å². The summed E-state index contributed by atoms with van der Waals surface area (Å²) < 4.78 is 43.3. The molecule has 4 aromatic rings. The van der Waals surface area contributed by atoms with Crippen LogP contribution in [0, 0.1) is 0 Å². The van der Waals surface area contributed by atoms with Crippen LogP contribution in [-0.2, 0) is 39.4 Å². The lowest BCUT2D eigenvalue weighted by molar-refractivity contribution is -0.0412. The van der Waals surface area contributed by atoms with E-state index < -0.39 is 55.8 Å². The van der Waals surface area contributed by atoms with Crippen molar-refractivity contribution in [3.63, 3.8) is 0 Å². The fourth-order valence-corrected chi connectivity index (χ4v) is 8.00. The van der Waals surface area contributed by atoms with Crippen LogP contribution in [0.4, 0.5) is 11.6 Å². The Labute approximate surface area is 266 Å². The highest BCUT2D eigenvalue weighted by Gasteiger charge is 2.43. The molecule has 0 radical (unpaired) electrons. The number of nitrogens with two attached hydrogens (primary N) is 2. The first kappa shape index (κ1) is 32.1. The van der Waals surface area contributed by atoms with E-state index in [4.69, 9.17) is 57.9 Å². The molecule has 2 fully saturated rings. The van der Waals surface area contributed by atoms with Crippen LogP contribution in [0.5, 0.6) is 0 Å². The van der Waals surface area contributed by atoms with Crippen LogP contribution < -0.4 is 16.3 Å². The number of hydrogen-bond acceptors (Lipinski definition) is 16. The molecular formula is C20H24ClN9O9P2S3. The molecular weight excluding hydrogens is 704 g/mol. The number of imidazole rings is 1. The van der Waals surface area contributed by atoms with E-state index in [0.29, 0.717) is 28.7 Å². The van der Waals surface area contributed by atoms with Crippen LogP contribution in [0.2, 0.25) is 5.28 Å². The Morgan fingerprint density at radius 1 is 1.11 bits per heavy atom. The van der Waals surface area contributed by atoms with Crippen LogP contribution in [0.1, 0.15) is 31.7 Å². The van der Waals surface area contributed by atoms with Gasteiger partial charge in [-0.1, -0.05) is 23.6 Å². The molecule has 6 N–H and O–H groups in total. The second kappa shape index (κ2) is 12.4. The maximum absolute atomic E-state index is 12.9. The molecule has 6 heterocycles. The lowest BCUT2D eigenvalue weighted by atomic mass is 10.2. The molecule has 6 unspecified atom stereocenters. The number of thiol groups is 1. The van der Waals surface area contributed by atoms with Crippen molar-refractivity contribution in [1.82, 2.24) is 34.1 Å². The smallest absolute Gasteiger partial charge is 0.382 e. The van der Waals surface area contributed by atoms with E-state index in [9.17, 15) is 19.1 Å². The number of fused-ring (bicyclic) bond motifs is 2. The molecule has 44 heavy (non-hydrogen) atoms. The van der Waals surface area contributed by atoms with E-state index >= 15 is 0 Å². The number of nitrogen functional groups attached to an aromatic ring is 2. The van der Waals surface area contributed by atoms with Gasteiger partial charge in [0, 0.05) is 6.42 Å². The number of hydrogen-bond donors (Lipinski definition) is 5. The topological polar surface area (TPSA) is 247 Å². The van der Waals surface area contributed by atoms with Crippen molar-refractivity contribution < 1.29 is 37.4 Å². The molecule has 2 saturated heterocycles. The molecule has 18 nitrogen and oxygen atoms in total. The van der Waals surface area contributed by atoms with Gasteiger partial charge in [0.1, 0.15) is 40.9 Å². The zero-order valence-electron chi connectivity index (χ0n) is 22.2. The van der Waals surface area contributed by atoms with Crippen LogP contribution in [0.25, 0.3) is 21.5 Å². The largest absolute Gasteiger partial charge is 0.383 e. The molecule has 0 aromatic carbocycles. The lowest BCUT2D eigenvalue weighted by Gasteiger charge is -2.24. The third-order valence-electron chi connectivity index (χ3n) is 6.81. The van der Waals surface area contributed by atoms with E-state index in [-0.39, 0.29) is 35.6 Å². The summed E-state index contributed by atoms with van der Waals surface area (Å²) in [6.45, 7) is -8.74. The Kier molecular flexibility index (Phi) is 9.05. The summed E-state index contributed by atoms with van der Waals surface area (Å²) in [7, 11) is 0. The summed E-state index contributed by atoms with van der Waals surface area (Å²) in [5.74, 6) is 0.262. The van der Waals surface area contributed by atoms with Gasteiger partial charge in [0.2, 0.25) is 5.28 Å². The van der Waals surface area contributed by atoms with Gasteiger partial charge in [-0.15, -0.1) is 0 Å². The highest BCUT2D eigenvalue weighted by molar-refractivity contribution is 8.44.